The van der Waals surface area contributed by atoms with Gasteiger partial charge in [0, 0.05) is 12.7 Å². The first kappa shape index (κ1) is 19.6. The van der Waals surface area contributed by atoms with Crippen molar-refractivity contribution in [3.8, 4) is 0 Å². The van der Waals surface area contributed by atoms with Crippen molar-refractivity contribution < 1.29 is 13.2 Å². The lowest BCUT2D eigenvalue weighted by molar-refractivity contribution is 0.0994. The lowest BCUT2D eigenvalue weighted by atomic mass is 10.1. The molecule has 5 nitrogen and oxygen atoms in total. The average molecular weight is 394 g/mol. The molecular formula is C22H22N2O3S. The summed E-state index contributed by atoms with van der Waals surface area (Å²) in [5, 5.41) is 0. The van der Waals surface area contributed by atoms with Crippen LogP contribution in [0.25, 0.3) is 0 Å². The summed E-state index contributed by atoms with van der Waals surface area (Å²) < 4.78 is 28.5. The molecule has 3 aromatic carbocycles. The van der Waals surface area contributed by atoms with E-state index in [9.17, 15) is 13.2 Å². The zero-order valence-corrected chi connectivity index (χ0v) is 16.8. The highest BCUT2D eigenvalue weighted by atomic mass is 32.2. The third-order valence-corrected chi connectivity index (χ3v) is 5.99. The van der Waals surface area contributed by atoms with Gasteiger partial charge in [-0.3, -0.25) is 9.52 Å². The smallest absolute Gasteiger partial charge is 0.262 e. The van der Waals surface area contributed by atoms with Crippen LogP contribution < -0.4 is 9.62 Å². The van der Waals surface area contributed by atoms with Gasteiger partial charge in [-0.05, 0) is 55.3 Å². The number of carbonyl (C=O) groups excluding carboxylic acids is 1. The van der Waals surface area contributed by atoms with Crippen LogP contribution >= 0.6 is 0 Å². The van der Waals surface area contributed by atoms with E-state index in [2.05, 4.69) is 4.72 Å². The van der Waals surface area contributed by atoms with Crippen LogP contribution in [0.5, 0.6) is 0 Å². The maximum absolute atomic E-state index is 13.0. The van der Waals surface area contributed by atoms with Crippen molar-refractivity contribution in [2.45, 2.75) is 18.7 Å². The summed E-state index contributed by atoms with van der Waals surface area (Å²) in [6, 6.07) is 21.1. The summed E-state index contributed by atoms with van der Waals surface area (Å²) in [4.78, 5) is 14.7. The second-order valence-electron chi connectivity index (χ2n) is 6.62. The van der Waals surface area contributed by atoms with E-state index in [0.717, 1.165) is 11.3 Å². The fraction of sp³-hybridized carbons (Fsp3) is 0.136. The van der Waals surface area contributed by atoms with Gasteiger partial charge in [-0.2, -0.15) is 0 Å². The van der Waals surface area contributed by atoms with E-state index >= 15 is 0 Å². The Bertz CT molecular complexity index is 1110. The molecule has 0 radical (unpaired) electrons. The Morgan fingerprint density at radius 3 is 2.25 bits per heavy atom. The zero-order chi connectivity index (χ0) is 20.3. The number of carbonyl (C=O) groups is 1. The normalized spacial score (nSPS) is 11.1. The summed E-state index contributed by atoms with van der Waals surface area (Å²) in [7, 11) is -2.17. The van der Waals surface area contributed by atoms with Gasteiger partial charge < -0.3 is 4.90 Å². The number of aryl methyl sites for hydroxylation is 2. The van der Waals surface area contributed by atoms with Crippen molar-refractivity contribution in [3.63, 3.8) is 0 Å². The lowest BCUT2D eigenvalue weighted by Crippen LogP contribution is -2.27. The molecule has 0 fully saturated rings. The molecule has 0 aliphatic carbocycles. The van der Waals surface area contributed by atoms with Crippen molar-refractivity contribution >= 4 is 27.3 Å². The van der Waals surface area contributed by atoms with E-state index in [4.69, 9.17) is 0 Å². The molecular weight excluding hydrogens is 372 g/mol. The number of sulfonamides is 1. The van der Waals surface area contributed by atoms with Crippen LogP contribution in [0.15, 0.2) is 77.7 Å². The zero-order valence-electron chi connectivity index (χ0n) is 16.0. The fourth-order valence-electron chi connectivity index (χ4n) is 2.90. The van der Waals surface area contributed by atoms with Crippen LogP contribution in [0.1, 0.15) is 21.5 Å². The van der Waals surface area contributed by atoms with E-state index < -0.39 is 10.0 Å². The molecule has 0 heterocycles. The highest BCUT2D eigenvalue weighted by molar-refractivity contribution is 7.92. The van der Waals surface area contributed by atoms with E-state index in [1.807, 2.05) is 43.3 Å². The molecule has 0 saturated heterocycles. The number of para-hydroxylation sites is 2. The maximum atomic E-state index is 13.0. The van der Waals surface area contributed by atoms with Crippen LogP contribution in [0.2, 0.25) is 0 Å². The van der Waals surface area contributed by atoms with Crippen LogP contribution in [-0.2, 0) is 10.0 Å². The highest BCUT2D eigenvalue weighted by Crippen LogP contribution is 2.25. The number of hydrogen-bond donors (Lipinski definition) is 1. The molecule has 0 atom stereocenters. The maximum Gasteiger partial charge on any atom is 0.262 e. The fourth-order valence-corrected chi connectivity index (χ4v) is 4.32. The quantitative estimate of drug-likeness (QED) is 0.698. The first-order valence-electron chi connectivity index (χ1n) is 8.82. The van der Waals surface area contributed by atoms with E-state index in [1.165, 1.54) is 4.90 Å². The number of nitrogens with zero attached hydrogens (tertiary/aromatic N) is 1. The van der Waals surface area contributed by atoms with Crippen LogP contribution in [-0.4, -0.2) is 21.4 Å². The molecule has 0 unspecified atom stereocenters. The van der Waals surface area contributed by atoms with Crippen LogP contribution in [0, 0.1) is 13.8 Å². The van der Waals surface area contributed by atoms with Crippen molar-refractivity contribution in [1.29, 1.82) is 0 Å². The van der Waals surface area contributed by atoms with Gasteiger partial charge in [-0.1, -0.05) is 42.5 Å². The molecule has 3 aromatic rings. The molecule has 0 saturated carbocycles. The summed E-state index contributed by atoms with van der Waals surface area (Å²) >= 11 is 0. The summed E-state index contributed by atoms with van der Waals surface area (Å²) in [5.41, 5.74) is 2.74. The molecule has 1 amide bonds. The topological polar surface area (TPSA) is 66.5 Å². The number of anilines is 2. The first-order chi connectivity index (χ1) is 13.3. The molecule has 1 N–H and O–H groups in total. The Hall–Kier alpha value is -3.12. The number of hydrogen-bond acceptors (Lipinski definition) is 3. The van der Waals surface area contributed by atoms with Gasteiger partial charge in [0.1, 0.15) is 0 Å². The molecule has 28 heavy (non-hydrogen) atoms. The standard InChI is InChI=1S/C22H22N2O3S/c1-16-13-14-17(2)21(15-16)28(26,27)23-20-12-8-7-11-19(20)22(25)24(3)18-9-5-4-6-10-18/h4-15,23H,1-3H3. The molecule has 0 aliphatic rings. The Kier molecular flexibility index (Phi) is 5.51. The first-order valence-corrected chi connectivity index (χ1v) is 10.3. The minimum atomic E-state index is -3.83. The third kappa shape index (κ3) is 4.07. The van der Waals surface area contributed by atoms with Gasteiger partial charge in [0.25, 0.3) is 15.9 Å². The number of rotatable bonds is 5. The van der Waals surface area contributed by atoms with Crippen molar-refractivity contribution in [2.75, 3.05) is 16.7 Å². The van der Waals surface area contributed by atoms with Gasteiger partial charge in [-0.25, -0.2) is 8.42 Å². The molecule has 0 spiro atoms. The Labute approximate surface area is 165 Å². The minimum Gasteiger partial charge on any atom is -0.311 e. The van der Waals surface area contributed by atoms with Crippen molar-refractivity contribution in [2.24, 2.45) is 0 Å². The van der Waals surface area contributed by atoms with E-state index in [0.29, 0.717) is 5.56 Å². The largest absolute Gasteiger partial charge is 0.311 e. The van der Waals surface area contributed by atoms with Crippen molar-refractivity contribution in [3.05, 3.63) is 89.5 Å². The Balaban J connectivity index is 1.96. The molecule has 0 bridgehead atoms. The van der Waals surface area contributed by atoms with Gasteiger partial charge in [0.2, 0.25) is 0 Å². The summed E-state index contributed by atoms with van der Waals surface area (Å²) in [5.74, 6) is -0.300. The van der Waals surface area contributed by atoms with Gasteiger partial charge in [-0.15, -0.1) is 0 Å². The monoisotopic (exact) mass is 394 g/mol. The lowest BCUT2D eigenvalue weighted by Gasteiger charge is -2.20. The Morgan fingerprint density at radius 2 is 1.54 bits per heavy atom. The summed E-state index contributed by atoms with van der Waals surface area (Å²) in [6.07, 6.45) is 0. The Morgan fingerprint density at radius 1 is 0.893 bits per heavy atom. The van der Waals surface area contributed by atoms with E-state index in [-0.39, 0.29) is 22.1 Å². The molecule has 3 rings (SSSR count). The average Bonchev–Trinajstić information content (AvgIpc) is 2.69. The van der Waals surface area contributed by atoms with Gasteiger partial charge in [0.05, 0.1) is 16.1 Å². The predicted octanol–water partition coefficient (Wildman–Crippen LogP) is 4.38. The summed E-state index contributed by atoms with van der Waals surface area (Å²) in [6.45, 7) is 3.58. The highest BCUT2D eigenvalue weighted by Gasteiger charge is 2.22. The predicted molar refractivity (Wildman–Crippen MR) is 112 cm³/mol. The molecule has 0 aromatic heterocycles. The van der Waals surface area contributed by atoms with Gasteiger partial charge >= 0.3 is 0 Å². The SMILES string of the molecule is Cc1ccc(C)c(S(=O)(=O)Nc2ccccc2C(=O)N(C)c2ccccc2)c1. The van der Waals surface area contributed by atoms with Crippen LogP contribution in [0.4, 0.5) is 11.4 Å². The van der Waals surface area contributed by atoms with Gasteiger partial charge in [0.15, 0.2) is 0 Å². The number of nitrogens with one attached hydrogen (secondary N) is 1. The third-order valence-electron chi connectivity index (χ3n) is 4.48. The van der Waals surface area contributed by atoms with Crippen molar-refractivity contribution in [1.82, 2.24) is 0 Å². The molecule has 144 valence electrons. The molecule has 6 heteroatoms. The van der Waals surface area contributed by atoms with Crippen LogP contribution in [0.3, 0.4) is 0 Å². The van der Waals surface area contributed by atoms with E-state index in [1.54, 1.807) is 50.4 Å². The minimum absolute atomic E-state index is 0.200. The number of amides is 1. The number of benzene rings is 3. The molecule has 0 aliphatic heterocycles. The second kappa shape index (κ2) is 7.86. The second-order valence-corrected chi connectivity index (χ2v) is 8.27.